The molecular formula is C21H15N5S. The fourth-order valence-corrected chi connectivity index (χ4v) is 3.56. The van der Waals surface area contributed by atoms with Crippen molar-refractivity contribution in [2.75, 3.05) is 0 Å². The quantitative estimate of drug-likeness (QED) is 0.523. The van der Waals surface area contributed by atoms with Gasteiger partial charge in [0.25, 0.3) is 0 Å². The molecule has 0 amide bonds. The lowest BCUT2D eigenvalue weighted by Gasteiger charge is -2.11. The number of rotatable bonds is 4. The minimum Gasteiger partial charge on any atom is -0.270 e. The average molecular weight is 369 g/mol. The summed E-state index contributed by atoms with van der Waals surface area (Å²) in [5.41, 5.74) is 3.63. The number of nitriles is 1. The smallest absolute Gasteiger partial charge is 0.202 e. The number of nitrogens with zero attached hydrogens (tertiary/aromatic N) is 5. The zero-order valence-corrected chi connectivity index (χ0v) is 15.4. The van der Waals surface area contributed by atoms with Crippen LogP contribution in [0.25, 0.3) is 17.1 Å². The third kappa shape index (κ3) is 3.46. The molecule has 2 heterocycles. The summed E-state index contributed by atoms with van der Waals surface area (Å²) < 4.78 is 2.00. The molecule has 0 aliphatic carbocycles. The van der Waals surface area contributed by atoms with Crippen molar-refractivity contribution in [1.82, 2.24) is 19.7 Å². The van der Waals surface area contributed by atoms with Gasteiger partial charge >= 0.3 is 0 Å². The number of pyridine rings is 1. The molecule has 0 saturated heterocycles. The molecule has 4 aromatic rings. The van der Waals surface area contributed by atoms with Crippen molar-refractivity contribution in [3.63, 3.8) is 0 Å². The van der Waals surface area contributed by atoms with Gasteiger partial charge in [-0.3, -0.25) is 4.57 Å². The summed E-state index contributed by atoms with van der Waals surface area (Å²) in [5.74, 6) is 0.747. The lowest BCUT2D eigenvalue weighted by molar-refractivity contribution is 0.882. The Morgan fingerprint density at radius 2 is 1.70 bits per heavy atom. The lowest BCUT2D eigenvalue weighted by Crippen LogP contribution is -2.00. The summed E-state index contributed by atoms with van der Waals surface area (Å²) in [6.07, 6.45) is 1.67. The summed E-state index contributed by atoms with van der Waals surface area (Å²) >= 11 is 1.34. The van der Waals surface area contributed by atoms with Crippen LogP contribution in [0.2, 0.25) is 0 Å². The Morgan fingerprint density at radius 1 is 0.926 bits per heavy atom. The maximum atomic E-state index is 9.35. The molecule has 27 heavy (non-hydrogen) atoms. The monoisotopic (exact) mass is 369 g/mol. The second kappa shape index (κ2) is 7.44. The molecule has 130 valence electrons. The number of benzene rings is 2. The van der Waals surface area contributed by atoms with E-state index in [9.17, 15) is 5.26 Å². The number of hydrogen-bond donors (Lipinski definition) is 0. The zero-order valence-electron chi connectivity index (χ0n) is 14.6. The maximum Gasteiger partial charge on any atom is 0.202 e. The van der Waals surface area contributed by atoms with Crippen molar-refractivity contribution in [2.45, 2.75) is 17.1 Å². The number of aromatic nitrogens is 4. The highest BCUT2D eigenvalue weighted by Gasteiger charge is 2.18. The second-order valence-electron chi connectivity index (χ2n) is 5.91. The van der Waals surface area contributed by atoms with Gasteiger partial charge < -0.3 is 0 Å². The van der Waals surface area contributed by atoms with E-state index in [0.717, 1.165) is 17.1 Å². The Kier molecular flexibility index (Phi) is 4.69. The Hall–Kier alpha value is -3.43. The van der Waals surface area contributed by atoms with Crippen LogP contribution in [-0.4, -0.2) is 19.7 Å². The first-order valence-corrected chi connectivity index (χ1v) is 9.19. The largest absolute Gasteiger partial charge is 0.270 e. The standard InChI is InChI=1S/C21H15N5S/c1-15-9-11-18(12-10-15)26-19(16-6-3-2-4-7-16)24-25-21(26)27-20-17(14-22)8-5-13-23-20/h2-13H,1H3. The molecule has 0 unspecified atom stereocenters. The summed E-state index contributed by atoms with van der Waals surface area (Å²) in [4.78, 5) is 4.34. The molecule has 0 N–H and O–H groups in total. The zero-order chi connectivity index (χ0) is 18.6. The molecule has 0 fully saturated rings. The van der Waals surface area contributed by atoms with Crippen molar-refractivity contribution in [2.24, 2.45) is 0 Å². The van der Waals surface area contributed by atoms with Crippen LogP contribution in [0.1, 0.15) is 11.1 Å². The van der Waals surface area contributed by atoms with E-state index in [1.807, 2.05) is 47.0 Å². The third-order valence-corrected chi connectivity index (χ3v) is 5.00. The lowest BCUT2D eigenvalue weighted by atomic mass is 10.2. The minimum atomic E-state index is 0.516. The fourth-order valence-electron chi connectivity index (χ4n) is 2.68. The van der Waals surface area contributed by atoms with E-state index in [4.69, 9.17) is 0 Å². The summed E-state index contributed by atoms with van der Waals surface area (Å²) in [7, 11) is 0. The van der Waals surface area contributed by atoms with Crippen LogP contribution >= 0.6 is 11.8 Å². The number of aryl methyl sites for hydroxylation is 1. The van der Waals surface area contributed by atoms with Crippen molar-refractivity contribution >= 4 is 11.8 Å². The van der Waals surface area contributed by atoms with E-state index in [0.29, 0.717) is 15.7 Å². The van der Waals surface area contributed by atoms with Crippen molar-refractivity contribution in [1.29, 1.82) is 5.26 Å². The van der Waals surface area contributed by atoms with Gasteiger partial charge in [0.1, 0.15) is 11.1 Å². The molecule has 2 aromatic carbocycles. The molecule has 0 spiro atoms. The predicted octanol–water partition coefficient (Wildman–Crippen LogP) is 4.66. The Balaban J connectivity index is 1.86. The first-order valence-electron chi connectivity index (χ1n) is 8.37. The molecule has 4 rings (SSSR count). The van der Waals surface area contributed by atoms with E-state index in [2.05, 4.69) is 40.3 Å². The first-order chi connectivity index (χ1) is 13.3. The normalized spacial score (nSPS) is 10.5. The molecule has 5 nitrogen and oxygen atoms in total. The van der Waals surface area contributed by atoms with Gasteiger partial charge in [-0.2, -0.15) is 5.26 Å². The van der Waals surface area contributed by atoms with Crippen LogP contribution in [0.15, 0.2) is 83.1 Å². The van der Waals surface area contributed by atoms with Gasteiger partial charge in [0, 0.05) is 17.4 Å². The van der Waals surface area contributed by atoms with Crippen LogP contribution in [-0.2, 0) is 0 Å². The maximum absolute atomic E-state index is 9.35. The molecule has 0 atom stereocenters. The van der Waals surface area contributed by atoms with Gasteiger partial charge in [-0.25, -0.2) is 4.98 Å². The van der Waals surface area contributed by atoms with Gasteiger partial charge in [0.2, 0.25) is 5.16 Å². The molecule has 0 saturated carbocycles. The molecule has 0 aliphatic rings. The van der Waals surface area contributed by atoms with Gasteiger partial charge in [0.05, 0.1) is 5.56 Å². The van der Waals surface area contributed by atoms with Gasteiger partial charge in [-0.15, -0.1) is 10.2 Å². The van der Waals surface area contributed by atoms with Crippen LogP contribution in [0.3, 0.4) is 0 Å². The van der Waals surface area contributed by atoms with Gasteiger partial charge in [0.15, 0.2) is 5.82 Å². The minimum absolute atomic E-state index is 0.516. The molecule has 0 aliphatic heterocycles. The van der Waals surface area contributed by atoms with Crippen LogP contribution in [0.5, 0.6) is 0 Å². The van der Waals surface area contributed by atoms with Crippen LogP contribution < -0.4 is 0 Å². The van der Waals surface area contributed by atoms with E-state index in [1.165, 1.54) is 17.3 Å². The SMILES string of the molecule is Cc1ccc(-n2c(Sc3ncccc3C#N)nnc2-c2ccccc2)cc1. The van der Waals surface area contributed by atoms with Crippen molar-refractivity contribution in [3.05, 3.63) is 84.1 Å². The molecule has 6 heteroatoms. The first kappa shape index (κ1) is 17.0. The molecule has 0 radical (unpaired) electrons. The predicted molar refractivity (Wildman–Crippen MR) is 105 cm³/mol. The second-order valence-corrected chi connectivity index (χ2v) is 6.87. The molecule has 2 aromatic heterocycles. The highest BCUT2D eigenvalue weighted by molar-refractivity contribution is 7.99. The van der Waals surface area contributed by atoms with Crippen LogP contribution in [0.4, 0.5) is 0 Å². The Labute approximate surface area is 161 Å². The molecule has 0 bridgehead atoms. The molecular weight excluding hydrogens is 354 g/mol. The summed E-state index contributed by atoms with van der Waals surface area (Å²) in [6.45, 7) is 2.05. The van der Waals surface area contributed by atoms with E-state index in [1.54, 1.807) is 18.3 Å². The topological polar surface area (TPSA) is 67.4 Å². The summed E-state index contributed by atoms with van der Waals surface area (Å²) in [6, 6.07) is 23.8. The summed E-state index contributed by atoms with van der Waals surface area (Å²) in [5, 5.41) is 19.4. The van der Waals surface area contributed by atoms with E-state index in [-0.39, 0.29) is 0 Å². The highest BCUT2D eigenvalue weighted by atomic mass is 32.2. The Bertz CT molecular complexity index is 1110. The Morgan fingerprint density at radius 3 is 2.44 bits per heavy atom. The van der Waals surface area contributed by atoms with E-state index >= 15 is 0 Å². The van der Waals surface area contributed by atoms with Crippen molar-refractivity contribution in [3.8, 4) is 23.1 Å². The van der Waals surface area contributed by atoms with E-state index < -0.39 is 0 Å². The van der Waals surface area contributed by atoms with Crippen molar-refractivity contribution < 1.29 is 0 Å². The third-order valence-electron chi connectivity index (χ3n) is 4.04. The van der Waals surface area contributed by atoms with Gasteiger partial charge in [-0.1, -0.05) is 48.0 Å². The average Bonchev–Trinajstić information content (AvgIpc) is 3.13. The fraction of sp³-hybridized carbons (Fsp3) is 0.0476. The number of hydrogen-bond acceptors (Lipinski definition) is 5. The highest BCUT2D eigenvalue weighted by Crippen LogP contribution is 2.32. The van der Waals surface area contributed by atoms with Gasteiger partial charge in [-0.05, 0) is 43.0 Å². The van der Waals surface area contributed by atoms with Crippen LogP contribution in [0, 0.1) is 18.3 Å².